The van der Waals surface area contributed by atoms with E-state index in [0.29, 0.717) is 0 Å². The number of hydrogen-bond acceptors (Lipinski definition) is 2. The van der Waals surface area contributed by atoms with Crippen LogP contribution in [0.3, 0.4) is 0 Å². The standard InChI is InChI=1S/C10H6Cl2F3NO2/c11-4-7(17)8-5(12)2-1-3-6(8)16-9(18)10(13,14)15/h1-3H,4H2,(H,16,18). The topological polar surface area (TPSA) is 46.2 Å². The molecule has 0 aromatic heterocycles. The molecule has 8 heteroatoms. The number of alkyl halides is 4. The molecule has 18 heavy (non-hydrogen) atoms. The molecule has 0 saturated heterocycles. The molecule has 1 aromatic carbocycles. The molecule has 0 aliphatic carbocycles. The third-order valence-corrected chi connectivity index (χ3v) is 2.48. The van der Waals surface area contributed by atoms with Crippen LogP contribution in [0.25, 0.3) is 0 Å². The van der Waals surface area contributed by atoms with Gasteiger partial charge in [-0.05, 0) is 12.1 Å². The third-order valence-electron chi connectivity index (χ3n) is 1.92. The summed E-state index contributed by atoms with van der Waals surface area (Å²) in [7, 11) is 0. The molecular weight excluding hydrogens is 294 g/mol. The first kappa shape index (κ1) is 14.8. The highest BCUT2D eigenvalue weighted by Gasteiger charge is 2.39. The zero-order chi connectivity index (χ0) is 13.9. The van der Waals surface area contributed by atoms with E-state index in [1.807, 2.05) is 0 Å². The Hall–Kier alpha value is -1.27. The summed E-state index contributed by atoms with van der Waals surface area (Å²) in [5.41, 5.74) is -0.567. The number of hydrogen-bond donors (Lipinski definition) is 1. The Morgan fingerprint density at radius 2 is 1.89 bits per heavy atom. The fraction of sp³-hybridized carbons (Fsp3) is 0.200. The van der Waals surface area contributed by atoms with Crippen LogP contribution in [0, 0.1) is 0 Å². The Bertz CT molecular complexity index is 489. The highest BCUT2D eigenvalue weighted by atomic mass is 35.5. The lowest BCUT2D eigenvalue weighted by molar-refractivity contribution is -0.167. The number of rotatable bonds is 3. The monoisotopic (exact) mass is 299 g/mol. The Balaban J connectivity index is 3.14. The molecule has 0 saturated carbocycles. The molecule has 0 spiro atoms. The van der Waals surface area contributed by atoms with E-state index in [0.717, 1.165) is 6.07 Å². The molecule has 0 heterocycles. The van der Waals surface area contributed by atoms with E-state index < -0.39 is 23.7 Å². The summed E-state index contributed by atoms with van der Waals surface area (Å²) in [6.45, 7) is 0. The minimum atomic E-state index is -5.05. The summed E-state index contributed by atoms with van der Waals surface area (Å²) in [6, 6.07) is 3.75. The largest absolute Gasteiger partial charge is 0.471 e. The predicted molar refractivity (Wildman–Crippen MR) is 61.2 cm³/mol. The maximum Gasteiger partial charge on any atom is 0.471 e. The van der Waals surface area contributed by atoms with E-state index >= 15 is 0 Å². The number of halogens is 5. The number of ketones is 1. The first-order valence-corrected chi connectivity index (χ1v) is 5.44. The van der Waals surface area contributed by atoms with Crippen molar-refractivity contribution in [3.8, 4) is 0 Å². The molecule has 1 N–H and O–H groups in total. The number of carbonyl (C=O) groups excluding carboxylic acids is 2. The van der Waals surface area contributed by atoms with Gasteiger partial charge in [0.25, 0.3) is 0 Å². The summed E-state index contributed by atoms with van der Waals surface area (Å²) < 4.78 is 36.3. The third kappa shape index (κ3) is 3.36. The molecule has 0 aliphatic rings. The van der Waals surface area contributed by atoms with Gasteiger partial charge in [-0.3, -0.25) is 9.59 Å². The molecule has 3 nitrogen and oxygen atoms in total. The summed E-state index contributed by atoms with van der Waals surface area (Å²) >= 11 is 11.0. The molecule has 0 fully saturated rings. The number of Topliss-reactive ketones (excluding diaryl/α,β-unsaturated/α-hetero) is 1. The van der Waals surface area contributed by atoms with Gasteiger partial charge in [-0.15, -0.1) is 11.6 Å². The minimum Gasteiger partial charge on any atom is -0.318 e. The Morgan fingerprint density at radius 1 is 1.28 bits per heavy atom. The predicted octanol–water partition coefficient (Wildman–Crippen LogP) is 3.26. The molecule has 0 radical (unpaired) electrons. The van der Waals surface area contributed by atoms with Crippen molar-refractivity contribution in [2.45, 2.75) is 6.18 Å². The maximum absolute atomic E-state index is 12.1. The molecule has 0 aliphatic heterocycles. The van der Waals surface area contributed by atoms with E-state index in [1.54, 1.807) is 5.32 Å². The summed E-state index contributed by atoms with van der Waals surface area (Å²) in [5.74, 6) is -3.33. The van der Waals surface area contributed by atoms with E-state index in [9.17, 15) is 22.8 Å². The lowest BCUT2D eigenvalue weighted by atomic mass is 10.1. The average molecular weight is 300 g/mol. The van der Waals surface area contributed by atoms with Crippen LogP contribution in [0.1, 0.15) is 10.4 Å². The normalized spacial score (nSPS) is 11.2. The minimum absolute atomic E-state index is 0.0828. The van der Waals surface area contributed by atoms with Gasteiger partial charge in [0.15, 0.2) is 5.78 Å². The van der Waals surface area contributed by atoms with Crippen LogP contribution < -0.4 is 5.32 Å². The van der Waals surface area contributed by atoms with E-state index in [1.165, 1.54) is 12.1 Å². The van der Waals surface area contributed by atoms with Crippen molar-refractivity contribution in [2.75, 3.05) is 11.2 Å². The molecule has 1 amide bonds. The molecule has 0 atom stereocenters. The van der Waals surface area contributed by atoms with Crippen LogP contribution >= 0.6 is 23.2 Å². The van der Waals surface area contributed by atoms with Gasteiger partial charge in [-0.25, -0.2) is 0 Å². The second-order valence-electron chi connectivity index (χ2n) is 3.17. The van der Waals surface area contributed by atoms with Crippen molar-refractivity contribution < 1.29 is 22.8 Å². The Kier molecular flexibility index (Phi) is 4.59. The van der Waals surface area contributed by atoms with E-state index in [4.69, 9.17) is 23.2 Å². The van der Waals surface area contributed by atoms with Gasteiger partial charge in [0.1, 0.15) is 0 Å². The van der Waals surface area contributed by atoms with Gasteiger partial charge in [0, 0.05) is 0 Å². The summed E-state index contributed by atoms with van der Waals surface area (Å²) in [4.78, 5) is 22.2. The van der Waals surface area contributed by atoms with Crippen LogP contribution in [-0.4, -0.2) is 23.7 Å². The maximum atomic E-state index is 12.1. The fourth-order valence-corrected chi connectivity index (χ4v) is 1.59. The number of benzene rings is 1. The Morgan fingerprint density at radius 3 is 2.39 bits per heavy atom. The van der Waals surface area contributed by atoms with Crippen molar-refractivity contribution in [1.29, 1.82) is 0 Å². The van der Waals surface area contributed by atoms with Gasteiger partial charge >= 0.3 is 12.1 Å². The highest BCUT2D eigenvalue weighted by molar-refractivity contribution is 6.38. The first-order valence-electron chi connectivity index (χ1n) is 4.53. The van der Waals surface area contributed by atoms with E-state index in [-0.39, 0.29) is 16.3 Å². The molecule has 1 rings (SSSR count). The zero-order valence-corrected chi connectivity index (χ0v) is 10.2. The smallest absolute Gasteiger partial charge is 0.318 e. The molecule has 1 aromatic rings. The van der Waals surface area contributed by atoms with Crippen molar-refractivity contribution in [1.82, 2.24) is 0 Å². The quantitative estimate of drug-likeness (QED) is 0.688. The second kappa shape index (κ2) is 5.58. The number of amides is 1. The summed E-state index contributed by atoms with van der Waals surface area (Å²) in [6.07, 6.45) is -5.05. The SMILES string of the molecule is O=C(CCl)c1c(Cl)cccc1NC(=O)C(F)(F)F. The number of carbonyl (C=O) groups is 2. The highest BCUT2D eigenvalue weighted by Crippen LogP contribution is 2.27. The fourth-order valence-electron chi connectivity index (χ4n) is 1.17. The van der Waals surface area contributed by atoms with Crippen LogP contribution in [0.15, 0.2) is 18.2 Å². The molecule has 0 bridgehead atoms. The van der Waals surface area contributed by atoms with Crippen molar-refractivity contribution >= 4 is 40.6 Å². The van der Waals surface area contributed by atoms with Crippen LogP contribution in [0.2, 0.25) is 5.02 Å². The second-order valence-corrected chi connectivity index (χ2v) is 3.85. The van der Waals surface area contributed by atoms with Gasteiger partial charge in [-0.2, -0.15) is 13.2 Å². The molecule has 0 unspecified atom stereocenters. The molecule has 98 valence electrons. The lowest BCUT2D eigenvalue weighted by Gasteiger charge is -2.12. The number of nitrogens with one attached hydrogen (secondary N) is 1. The lowest BCUT2D eigenvalue weighted by Crippen LogP contribution is -2.30. The van der Waals surface area contributed by atoms with Crippen molar-refractivity contribution in [3.63, 3.8) is 0 Å². The van der Waals surface area contributed by atoms with Crippen LogP contribution in [-0.2, 0) is 4.79 Å². The van der Waals surface area contributed by atoms with E-state index in [2.05, 4.69) is 0 Å². The zero-order valence-electron chi connectivity index (χ0n) is 8.65. The van der Waals surface area contributed by atoms with Gasteiger partial charge in [0.2, 0.25) is 0 Å². The van der Waals surface area contributed by atoms with Crippen molar-refractivity contribution in [3.05, 3.63) is 28.8 Å². The van der Waals surface area contributed by atoms with Crippen LogP contribution in [0.4, 0.5) is 18.9 Å². The Labute approximate surface area is 110 Å². The van der Waals surface area contributed by atoms with Gasteiger partial charge in [-0.1, -0.05) is 17.7 Å². The first-order chi connectivity index (χ1) is 8.27. The van der Waals surface area contributed by atoms with Crippen LogP contribution in [0.5, 0.6) is 0 Å². The molecular formula is C10H6Cl2F3NO2. The van der Waals surface area contributed by atoms with Crippen molar-refractivity contribution in [2.24, 2.45) is 0 Å². The van der Waals surface area contributed by atoms with Gasteiger partial charge < -0.3 is 5.32 Å². The van der Waals surface area contributed by atoms with Gasteiger partial charge in [0.05, 0.1) is 22.2 Å². The number of anilines is 1. The average Bonchev–Trinajstić information content (AvgIpc) is 2.27. The summed E-state index contributed by atoms with van der Waals surface area (Å²) in [5, 5.41) is 1.50.